The monoisotopic (exact) mass is 289 g/mol. The van der Waals surface area contributed by atoms with Gasteiger partial charge in [0.1, 0.15) is 11.5 Å². The highest BCUT2D eigenvalue weighted by molar-refractivity contribution is 7.15. The van der Waals surface area contributed by atoms with Crippen molar-refractivity contribution in [1.82, 2.24) is 9.78 Å². The van der Waals surface area contributed by atoms with Crippen LogP contribution < -0.4 is 5.73 Å². The van der Waals surface area contributed by atoms with Crippen molar-refractivity contribution in [3.05, 3.63) is 22.1 Å². The van der Waals surface area contributed by atoms with Crippen LogP contribution in [-0.4, -0.2) is 9.78 Å². The fraction of sp³-hybridized carbons (Fsp3) is 0.562. The number of aromatic nitrogens is 2. The van der Waals surface area contributed by atoms with Crippen LogP contribution in [0.25, 0.3) is 10.6 Å². The Morgan fingerprint density at radius 2 is 2.10 bits per heavy atom. The van der Waals surface area contributed by atoms with E-state index >= 15 is 0 Å². The first-order valence-corrected chi connectivity index (χ1v) is 8.45. The zero-order valence-electron chi connectivity index (χ0n) is 12.4. The zero-order valence-corrected chi connectivity index (χ0v) is 13.2. The molecule has 0 aliphatic heterocycles. The van der Waals surface area contributed by atoms with Crippen LogP contribution in [-0.2, 0) is 26.3 Å². The molecule has 0 radical (unpaired) electrons. The summed E-state index contributed by atoms with van der Waals surface area (Å²) in [7, 11) is 1.94. The molecule has 0 bridgehead atoms. The van der Waals surface area contributed by atoms with Gasteiger partial charge in [-0.05, 0) is 43.7 Å². The van der Waals surface area contributed by atoms with E-state index in [0.717, 1.165) is 24.4 Å². The van der Waals surface area contributed by atoms with Crippen LogP contribution in [0.2, 0.25) is 0 Å². The van der Waals surface area contributed by atoms with Gasteiger partial charge in [0.05, 0.1) is 4.88 Å². The number of thiophene rings is 1. The normalized spacial score (nSPS) is 15.1. The molecule has 3 rings (SSSR count). The van der Waals surface area contributed by atoms with E-state index < -0.39 is 0 Å². The van der Waals surface area contributed by atoms with Crippen LogP contribution >= 0.6 is 11.3 Å². The van der Waals surface area contributed by atoms with Crippen LogP contribution in [0.15, 0.2) is 6.07 Å². The lowest BCUT2D eigenvalue weighted by atomic mass is 10.1. The third kappa shape index (κ3) is 2.37. The van der Waals surface area contributed by atoms with Crippen molar-refractivity contribution in [3.63, 3.8) is 0 Å². The van der Waals surface area contributed by atoms with Gasteiger partial charge in [0, 0.05) is 17.5 Å². The topological polar surface area (TPSA) is 43.8 Å². The molecule has 0 saturated heterocycles. The van der Waals surface area contributed by atoms with Crippen LogP contribution in [0.3, 0.4) is 0 Å². The summed E-state index contributed by atoms with van der Waals surface area (Å²) in [6.45, 7) is 2.19. The Balaban J connectivity index is 2.03. The van der Waals surface area contributed by atoms with E-state index in [1.54, 1.807) is 10.4 Å². The number of nitrogens with zero attached hydrogens (tertiary/aromatic N) is 2. The van der Waals surface area contributed by atoms with Crippen LogP contribution in [0.1, 0.15) is 48.6 Å². The van der Waals surface area contributed by atoms with Crippen LogP contribution in [0.4, 0.5) is 5.82 Å². The van der Waals surface area contributed by atoms with Gasteiger partial charge in [-0.1, -0.05) is 19.8 Å². The molecule has 2 aromatic heterocycles. The Hall–Kier alpha value is -1.29. The van der Waals surface area contributed by atoms with E-state index in [2.05, 4.69) is 18.1 Å². The second-order valence-electron chi connectivity index (χ2n) is 5.71. The fourth-order valence-electron chi connectivity index (χ4n) is 3.06. The van der Waals surface area contributed by atoms with E-state index in [-0.39, 0.29) is 0 Å². The predicted octanol–water partition coefficient (Wildman–Crippen LogP) is 3.95. The number of anilines is 1. The molecule has 0 atom stereocenters. The smallest absolute Gasteiger partial charge is 0.125 e. The predicted molar refractivity (Wildman–Crippen MR) is 86.2 cm³/mol. The molecule has 2 aromatic rings. The molecule has 0 spiro atoms. The highest BCUT2D eigenvalue weighted by atomic mass is 32.1. The molecule has 0 unspecified atom stereocenters. The molecule has 4 heteroatoms. The van der Waals surface area contributed by atoms with Gasteiger partial charge >= 0.3 is 0 Å². The number of rotatable bonds is 3. The summed E-state index contributed by atoms with van der Waals surface area (Å²) >= 11 is 1.93. The van der Waals surface area contributed by atoms with E-state index in [9.17, 15) is 0 Å². The number of fused-ring (bicyclic) bond motifs is 1. The number of nitrogen functional groups attached to an aromatic ring is 1. The summed E-state index contributed by atoms with van der Waals surface area (Å²) in [4.78, 5) is 2.89. The minimum absolute atomic E-state index is 0.824. The third-order valence-corrected chi connectivity index (χ3v) is 5.42. The second-order valence-corrected chi connectivity index (χ2v) is 6.84. The minimum Gasteiger partial charge on any atom is -0.384 e. The molecule has 0 amide bonds. The molecule has 1 aliphatic carbocycles. The fourth-order valence-corrected chi connectivity index (χ4v) is 4.33. The lowest BCUT2D eigenvalue weighted by Crippen LogP contribution is -1.99. The van der Waals surface area contributed by atoms with Gasteiger partial charge in [0.15, 0.2) is 0 Å². The van der Waals surface area contributed by atoms with Crippen molar-refractivity contribution in [2.75, 3.05) is 5.73 Å². The first kappa shape index (κ1) is 13.7. The Kier molecular flexibility index (Phi) is 3.83. The first-order valence-electron chi connectivity index (χ1n) is 7.64. The lowest BCUT2D eigenvalue weighted by molar-refractivity contribution is 0.712. The van der Waals surface area contributed by atoms with Crippen LogP contribution in [0, 0.1) is 0 Å². The summed E-state index contributed by atoms with van der Waals surface area (Å²) in [5, 5.41) is 4.67. The lowest BCUT2D eigenvalue weighted by Gasteiger charge is -2.00. The van der Waals surface area contributed by atoms with E-state index in [1.807, 2.05) is 23.1 Å². The maximum absolute atomic E-state index is 6.18. The molecular formula is C16H23N3S. The average Bonchev–Trinajstić information content (AvgIpc) is 2.87. The summed E-state index contributed by atoms with van der Waals surface area (Å²) in [6, 6.07) is 2.37. The molecule has 108 valence electrons. The Bertz CT molecular complexity index is 586. The number of aryl methyl sites for hydroxylation is 3. The van der Waals surface area contributed by atoms with Crippen molar-refractivity contribution in [2.24, 2.45) is 7.05 Å². The molecule has 0 saturated carbocycles. The van der Waals surface area contributed by atoms with Gasteiger partial charge in [-0.3, -0.25) is 4.68 Å². The second kappa shape index (κ2) is 5.60. The zero-order chi connectivity index (χ0) is 14.1. The standard InChI is InChI=1S/C16H23N3S/c1-3-7-12-15(18-19(2)16(12)17)14-10-11-8-5-4-6-9-13(11)20-14/h10H,3-9,17H2,1-2H3. The van der Waals surface area contributed by atoms with Gasteiger partial charge < -0.3 is 5.73 Å². The third-order valence-electron chi connectivity index (χ3n) is 4.17. The van der Waals surface area contributed by atoms with Crippen molar-refractivity contribution in [3.8, 4) is 10.6 Å². The van der Waals surface area contributed by atoms with Crippen molar-refractivity contribution in [1.29, 1.82) is 0 Å². The van der Waals surface area contributed by atoms with E-state index in [1.165, 1.54) is 42.5 Å². The molecule has 2 N–H and O–H groups in total. The van der Waals surface area contributed by atoms with Gasteiger partial charge in [-0.15, -0.1) is 11.3 Å². The highest BCUT2D eigenvalue weighted by Gasteiger charge is 2.19. The summed E-state index contributed by atoms with van der Waals surface area (Å²) in [6.07, 6.45) is 8.62. The quantitative estimate of drug-likeness (QED) is 0.869. The Labute approximate surface area is 124 Å². The van der Waals surface area contributed by atoms with Crippen LogP contribution in [0.5, 0.6) is 0 Å². The Morgan fingerprint density at radius 3 is 2.90 bits per heavy atom. The minimum atomic E-state index is 0.824. The van der Waals surface area contributed by atoms with Gasteiger partial charge in [0.2, 0.25) is 0 Å². The van der Waals surface area contributed by atoms with Gasteiger partial charge in [-0.25, -0.2) is 0 Å². The maximum Gasteiger partial charge on any atom is 0.125 e. The van der Waals surface area contributed by atoms with Crippen molar-refractivity contribution in [2.45, 2.75) is 51.9 Å². The van der Waals surface area contributed by atoms with Gasteiger partial charge in [0.25, 0.3) is 0 Å². The summed E-state index contributed by atoms with van der Waals surface area (Å²) in [5.74, 6) is 0.824. The number of hydrogen-bond donors (Lipinski definition) is 1. The molecule has 2 heterocycles. The number of nitrogens with two attached hydrogens (primary N) is 1. The number of hydrogen-bond acceptors (Lipinski definition) is 3. The van der Waals surface area contributed by atoms with Crippen molar-refractivity contribution < 1.29 is 0 Å². The van der Waals surface area contributed by atoms with Gasteiger partial charge in [-0.2, -0.15) is 5.10 Å². The maximum atomic E-state index is 6.18. The first-order chi connectivity index (χ1) is 9.70. The summed E-state index contributed by atoms with van der Waals surface area (Å²) in [5.41, 5.74) is 10.1. The molecule has 0 fully saturated rings. The summed E-state index contributed by atoms with van der Waals surface area (Å²) < 4.78 is 1.82. The average molecular weight is 289 g/mol. The molecular weight excluding hydrogens is 266 g/mol. The largest absolute Gasteiger partial charge is 0.384 e. The SMILES string of the molecule is CCCc1c(-c2cc3c(s2)CCCCC3)nn(C)c1N. The van der Waals surface area contributed by atoms with E-state index in [4.69, 9.17) is 5.73 Å². The molecule has 20 heavy (non-hydrogen) atoms. The molecule has 0 aromatic carbocycles. The Morgan fingerprint density at radius 1 is 1.30 bits per heavy atom. The van der Waals surface area contributed by atoms with Crippen molar-refractivity contribution >= 4 is 17.2 Å². The molecule has 3 nitrogen and oxygen atoms in total. The highest BCUT2D eigenvalue weighted by Crippen LogP contribution is 2.37. The van der Waals surface area contributed by atoms with E-state index in [0.29, 0.717) is 0 Å². The molecule has 1 aliphatic rings.